The molecule has 4 rings (SSSR count). The van der Waals surface area contributed by atoms with Crippen LogP contribution in [0.5, 0.6) is 0 Å². The zero-order valence-electron chi connectivity index (χ0n) is 14.1. The first-order valence-corrected chi connectivity index (χ1v) is 8.86. The third kappa shape index (κ3) is 3.31. The predicted molar refractivity (Wildman–Crippen MR) is 105 cm³/mol. The molecule has 1 aromatic heterocycles. The van der Waals surface area contributed by atoms with Crippen molar-refractivity contribution in [1.82, 2.24) is 10.2 Å². The molecule has 0 saturated carbocycles. The van der Waals surface area contributed by atoms with E-state index in [0.717, 1.165) is 45.6 Å². The molecule has 1 heterocycles. The Labute approximate surface area is 152 Å². The van der Waals surface area contributed by atoms with Crippen LogP contribution in [0.4, 0.5) is 0 Å². The van der Waals surface area contributed by atoms with E-state index in [1.165, 1.54) is 11.1 Å². The highest BCUT2D eigenvalue weighted by atomic mass is 35.5. The minimum atomic E-state index is 0.831. The average molecular weight is 347 g/mol. The van der Waals surface area contributed by atoms with Crippen LogP contribution in [0, 0.1) is 6.92 Å². The van der Waals surface area contributed by atoms with E-state index in [2.05, 4.69) is 64.8 Å². The van der Waals surface area contributed by atoms with Gasteiger partial charge < -0.3 is 0 Å². The number of aryl methyl sites for hydroxylation is 3. The van der Waals surface area contributed by atoms with Crippen molar-refractivity contribution in [2.75, 3.05) is 0 Å². The van der Waals surface area contributed by atoms with Gasteiger partial charge in [-0.25, -0.2) is 0 Å². The smallest absolute Gasteiger partial charge is 0.0924 e. The number of nitrogens with one attached hydrogen (secondary N) is 1. The minimum Gasteiger partial charge on any atom is -0.282 e. The largest absolute Gasteiger partial charge is 0.282 e. The molecule has 0 unspecified atom stereocenters. The highest BCUT2D eigenvalue weighted by Crippen LogP contribution is 2.29. The second-order valence-corrected chi connectivity index (χ2v) is 6.78. The molecule has 0 spiro atoms. The van der Waals surface area contributed by atoms with Gasteiger partial charge in [0.15, 0.2) is 0 Å². The van der Waals surface area contributed by atoms with E-state index in [9.17, 15) is 0 Å². The zero-order valence-corrected chi connectivity index (χ0v) is 14.8. The summed E-state index contributed by atoms with van der Waals surface area (Å²) in [5, 5.41) is 9.30. The van der Waals surface area contributed by atoms with E-state index in [4.69, 9.17) is 11.6 Å². The number of nitrogens with zero attached hydrogens (tertiary/aromatic N) is 1. The molecule has 3 aromatic carbocycles. The van der Waals surface area contributed by atoms with Crippen molar-refractivity contribution in [2.24, 2.45) is 0 Å². The maximum Gasteiger partial charge on any atom is 0.0924 e. The van der Waals surface area contributed by atoms with Gasteiger partial charge in [0, 0.05) is 16.1 Å². The number of benzene rings is 3. The number of hydrogen-bond donors (Lipinski definition) is 1. The monoisotopic (exact) mass is 346 g/mol. The van der Waals surface area contributed by atoms with Crippen LogP contribution in [0.25, 0.3) is 22.0 Å². The lowest BCUT2D eigenvalue weighted by atomic mass is 9.99. The Morgan fingerprint density at radius 3 is 2.44 bits per heavy atom. The highest BCUT2D eigenvalue weighted by Gasteiger charge is 2.07. The Hall–Kier alpha value is -2.58. The van der Waals surface area contributed by atoms with Crippen molar-refractivity contribution >= 4 is 22.5 Å². The van der Waals surface area contributed by atoms with E-state index >= 15 is 0 Å². The lowest BCUT2D eigenvalue weighted by Gasteiger charge is -2.08. The number of aromatic nitrogens is 2. The van der Waals surface area contributed by atoms with Gasteiger partial charge in [-0.3, -0.25) is 5.10 Å². The Kier molecular flexibility index (Phi) is 4.29. The summed E-state index contributed by atoms with van der Waals surface area (Å²) in [5.74, 6) is 0. The predicted octanol–water partition coefficient (Wildman–Crippen LogP) is 5.98. The van der Waals surface area contributed by atoms with Gasteiger partial charge in [0.25, 0.3) is 0 Å². The second kappa shape index (κ2) is 6.73. The van der Waals surface area contributed by atoms with E-state index in [-0.39, 0.29) is 0 Å². The number of H-pyrrole nitrogens is 1. The van der Waals surface area contributed by atoms with Crippen LogP contribution in [0.1, 0.15) is 16.8 Å². The fourth-order valence-electron chi connectivity index (χ4n) is 3.17. The Morgan fingerprint density at radius 2 is 1.64 bits per heavy atom. The number of hydrogen-bond acceptors (Lipinski definition) is 1. The highest BCUT2D eigenvalue weighted by molar-refractivity contribution is 6.31. The number of fused-ring (bicyclic) bond motifs is 1. The summed E-state index contributed by atoms with van der Waals surface area (Å²) >= 11 is 6.56. The lowest BCUT2D eigenvalue weighted by Crippen LogP contribution is -1.92. The number of rotatable bonds is 4. The molecule has 0 fully saturated rings. The summed E-state index contributed by atoms with van der Waals surface area (Å²) in [6, 6.07) is 23.2. The Balaban J connectivity index is 1.59. The van der Waals surface area contributed by atoms with E-state index in [1.807, 2.05) is 19.1 Å². The maximum absolute atomic E-state index is 6.56. The first-order chi connectivity index (χ1) is 12.2. The van der Waals surface area contributed by atoms with Crippen molar-refractivity contribution in [3.63, 3.8) is 0 Å². The van der Waals surface area contributed by atoms with Gasteiger partial charge in [-0.05, 0) is 60.2 Å². The van der Waals surface area contributed by atoms with Gasteiger partial charge in [-0.1, -0.05) is 60.1 Å². The molecule has 3 heteroatoms. The first kappa shape index (κ1) is 15.9. The summed E-state index contributed by atoms with van der Waals surface area (Å²) < 4.78 is 0. The van der Waals surface area contributed by atoms with Crippen LogP contribution in [0.2, 0.25) is 5.02 Å². The summed E-state index contributed by atoms with van der Waals surface area (Å²) in [4.78, 5) is 0. The van der Waals surface area contributed by atoms with Crippen LogP contribution in [0.3, 0.4) is 0 Å². The first-order valence-electron chi connectivity index (χ1n) is 8.48. The van der Waals surface area contributed by atoms with Crippen LogP contribution in [0.15, 0.2) is 66.7 Å². The standard InChI is InChI=1S/C22H19ClN2/c1-15-20-13-18(11-12-22(20)25-24-15)19-10-9-17(21(23)14-19)8-7-16-5-3-2-4-6-16/h2-6,9-14H,7-8H2,1H3,(H,24,25). The normalized spacial score (nSPS) is 11.1. The molecular formula is C22H19ClN2. The molecule has 1 N–H and O–H groups in total. The van der Waals surface area contributed by atoms with Crippen molar-refractivity contribution in [1.29, 1.82) is 0 Å². The number of halogens is 1. The molecule has 0 aliphatic rings. The summed E-state index contributed by atoms with van der Waals surface area (Å²) in [6.45, 7) is 2.04. The minimum absolute atomic E-state index is 0.831. The molecule has 0 bridgehead atoms. The van der Waals surface area contributed by atoms with Crippen LogP contribution in [-0.4, -0.2) is 10.2 Å². The fraction of sp³-hybridized carbons (Fsp3) is 0.136. The van der Waals surface area contributed by atoms with Gasteiger partial charge >= 0.3 is 0 Å². The van der Waals surface area contributed by atoms with E-state index in [1.54, 1.807) is 0 Å². The topological polar surface area (TPSA) is 28.7 Å². The fourth-order valence-corrected chi connectivity index (χ4v) is 3.45. The molecule has 0 aliphatic carbocycles. The molecule has 25 heavy (non-hydrogen) atoms. The van der Waals surface area contributed by atoms with Gasteiger partial charge in [-0.2, -0.15) is 5.10 Å². The third-order valence-electron chi connectivity index (χ3n) is 4.66. The average Bonchev–Trinajstić information content (AvgIpc) is 3.02. The SMILES string of the molecule is Cc1[nH]nc2ccc(-c3ccc(CCc4ccccc4)c(Cl)c3)cc12. The quantitative estimate of drug-likeness (QED) is 0.484. The van der Waals surface area contributed by atoms with Crippen LogP contribution >= 0.6 is 11.6 Å². The Bertz CT molecular complexity index is 1020. The molecule has 4 aromatic rings. The van der Waals surface area contributed by atoms with Crippen LogP contribution in [-0.2, 0) is 12.8 Å². The van der Waals surface area contributed by atoms with E-state index < -0.39 is 0 Å². The maximum atomic E-state index is 6.56. The van der Waals surface area contributed by atoms with Crippen LogP contribution < -0.4 is 0 Å². The molecule has 2 nitrogen and oxygen atoms in total. The molecule has 0 atom stereocenters. The second-order valence-electron chi connectivity index (χ2n) is 6.37. The van der Waals surface area contributed by atoms with Crippen molar-refractivity contribution in [3.05, 3.63) is 88.6 Å². The lowest BCUT2D eigenvalue weighted by molar-refractivity contribution is 0.961. The molecule has 124 valence electrons. The zero-order chi connectivity index (χ0) is 17.2. The van der Waals surface area contributed by atoms with Gasteiger partial charge in [-0.15, -0.1) is 0 Å². The van der Waals surface area contributed by atoms with E-state index in [0.29, 0.717) is 0 Å². The summed E-state index contributed by atoms with van der Waals surface area (Å²) in [5.41, 5.74) is 6.90. The molecule has 0 radical (unpaired) electrons. The third-order valence-corrected chi connectivity index (χ3v) is 5.01. The van der Waals surface area contributed by atoms with Gasteiger partial charge in [0.1, 0.15) is 0 Å². The summed E-state index contributed by atoms with van der Waals surface area (Å²) in [7, 11) is 0. The van der Waals surface area contributed by atoms with Crippen molar-refractivity contribution < 1.29 is 0 Å². The molecule has 0 aliphatic heterocycles. The molecule has 0 amide bonds. The van der Waals surface area contributed by atoms with Crippen molar-refractivity contribution in [2.45, 2.75) is 19.8 Å². The van der Waals surface area contributed by atoms with Gasteiger partial charge in [0.2, 0.25) is 0 Å². The molecule has 0 saturated heterocycles. The van der Waals surface area contributed by atoms with Crippen molar-refractivity contribution in [3.8, 4) is 11.1 Å². The molecular weight excluding hydrogens is 328 g/mol. The summed E-state index contributed by atoms with van der Waals surface area (Å²) in [6.07, 6.45) is 1.95. The van der Waals surface area contributed by atoms with Gasteiger partial charge in [0.05, 0.1) is 5.52 Å². The Morgan fingerprint density at radius 1 is 0.880 bits per heavy atom. The number of aromatic amines is 1.